The monoisotopic (exact) mass is 264 g/mol. The second-order valence-electron chi connectivity index (χ2n) is 4.05. The van der Waals surface area contributed by atoms with E-state index >= 15 is 0 Å². The number of aromatic nitrogens is 2. The molecule has 98 valence electrons. The average Bonchev–Trinajstić information content (AvgIpc) is 2.79. The Balaban J connectivity index is 2.12. The summed E-state index contributed by atoms with van der Waals surface area (Å²) < 4.78 is 27.1. The van der Waals surface area contributed by atoms with Gasteiger partial charge in [-0.3, -0.25) is 14.3 Å². The zero-order valence-electron chi connectivity index (χ0n) is 10.1. The van der Waals surface area contributed by atoms with Crippen molar-refractivity contribution in [2.75, 3.05) is 0 Å². The fourth-order valence-corrected chi connectivity index (χ4v) is 1.58. The molecule has 0 aliphatic carbocycles. The number of Topliss-reactive ketones (excluding diaryl/α,β-unsaturated/α-hetero) is 2. The summed E-state index contributed by atoms with van der Waals surface area (Å²) >= 11 is 0. The Morgan fingerprint density at radius 3 is 2.42 bits per heavy atom. The molecule has 0 amide bonds. The lowest BCUT2D eigenvalue weighted by molar-refractivity contribution is 0.0894. The standard InChI is InChI=1S/C13H10F2N2O2/c1-17-7-9(6-16-17)13(19)5-12(18)8-2-3-10(14)11(15)4-8/h2-4,6-7H,5H2,1H3. The number of halogens is 2. The quantitative estimate of drug-likeness (QED) is 0.628. The van der Waals surface area contributed by atoms with Crippen LogP contribution in [-0.2, 0) is 7.05 Å². The van der Waals surface area contributed by atoms with Gasteiger partial charge in [0.05, 0.1) is 18.2 Å². The first kappa shape index (κ1) is 13.1. The first-order chi connectivity index (χ1) is 8.97. The van der Waals surface area contributed by atoms with Gasteiger partial charge in [-0.15, -0.1) is 0 Å². The van der Waals surface area contributed by atoms with Gasteiger partial charge in [0.15, 0.2) is 23.2 Å². The predicted molar refractivity (Wildman–Crippen MR) is 62.8 cm³/mol. The number of benzene rings is 1. The number of ketones is 2. The van der Waals surface area contributed by atoms with Gasteiger partial charge in [0.2, 0.25) is 0 Å². The van der Waals surface area contributed by atoms with Crippen molar-refractivity contribution in [2.45, 2.75) is 6.42 Å². The van der Waals surface area contributed by atoms with Gasteiger partial charge < -0.3 is 0 Å². The first-order valence-electron chi connectivity index (χ1n) is 5.47. The van der Waals surface area contributed by atoms with Gasteiger partial charge in [-0.05, 0) is 18.2 Å². The highest BCUT2D eigenvalue weighted by molar-refractivity contribution is 6.13. The minimum absolute atomic E-state index is 0.0314. The maximum Gasteiger partial charge on any atom is 0.173 e. The predicted octanol–water partition coefficient (Wildman–Crippen LogP) is 2.15. The first-order valence-corrected chi connectivity index (χ1v) is 5.47. The average molecular weight is 264 g/mol. The molecule has 0 atom stereocenters. The van der Waals surface area contributed by atoms with E-state index in [1.807, 2.05) is 0 Å². The van der Waals surface area contributed by atoms with Crippen molar-refractivity contribution in [2.24, 2.45) is 7.05 Å². The topological polar surface area (TPSA) is 52.0 Å². The second-order valence-corrected chi connectivity index (χ2v) is 4.05. The fourth-order valence-electron chi connectivity index (χ4n) is 1.58. The lowest BCUT2D eigenvalue weighted by Crippen LogP contribution is -2.08. The van der Waals surface area contributed by atoms with Crippen molar-refractivity contribution in [3.8, 4) is 0 Å². The van der Waals surface area contributed by atoms with Crippen LogP contribution >= 0.6 is 0 Å². The van der Waals surface area contributed by atoms with Crippen LogP contribution in [0.5, 0.6) is 0 Å². The molecule has 0 saturated carbocycles. The summed E-state index contributed by atoms with van der Waals surface area (Å²) in [5.74, 6) is -3.12. The molecule has 0 N–H and O–H groups in total. The summed E-state index contributed by atoms with van der Waals surface area (Å²) in [6, 6.07) is 2.79. The summed E-state index contributed by atoms with van der Waals surface area (Å²) in [4.78, 5) is 23.5. The molecule has 0 fully saturated rings. The van der Waals surface area contributed by atoms with Crippen LogP contribution in [-0.4, -0.2) is 21.3 Å². The Labute approximate surface area is 107 Å². The normalized spacial score (nSPS) is 10.5. The largest absolute Gasteiger partial charge is 0.294 e. The van der Waals surface area contributed by atoms with Crippen LogP contribution in [0.15, 0.2) is 30.6 Å². The van der Waals surface area contributed by atoms with Gasteiger partial charge in [0.25, 0.3) is 0 Å². The van der Waals surface area contributed by atoms with Gasteiger partial charge in [0.1, 0.15) is 0 Å². The lowest BCUT2D eigenvalue weighted by atomic mass is 10.0. The van der Waals surface area contributed by atoms with Crippen LogP contribution in [0.1, 0.15) is 27.1 Å². The molecule has 0 radical (unpaired) electrons. The van der Waals surface area contributed by atoms with E-state index in [1.54, 1.807) is 7.05 Å². The highest BCUT2D eigenvalue weighted by Crippen LogP contribution is 2.12. The third kappa shape index (κ3) is 2.90. The molecule has 0 bridgehead atoms. The lowest BCUT2D eigenvalue weighted by Gasteiger charge is -2.00. The van der Waals surface area contributed by atoms with E-state index in [4.69, 9.17) is 0 Å². The summed E-state index contributed by atoms with van der Waals surface area (Å²) in [5, 5.41) is 3.82. The van der Waals surface area contributed by atoms with E-state index in [0.29, 0.717) is 5.56 Å². The molecule has 19 heavy (non-hydrogen) atoms. The van der Waals surface area contributed by atoms with Gasteiger partial charge in [-0.1, -0.05) is 0 Å². The molecule has 1 heterocycles. The highest BCUT2D eigenvalue weighted by atomic mass is 19.2. The van der Waals surface area contributed by atoms with E-state index in [0.717, 1.165) is 18.2 Å². The third-order valence-corrected chi connectivity index (χ3v) is 2.59. The zero-order valence-corrected chi connectivity index (χ0v) is 10.1. The molecule has 0 unspecified atom stereocenters. The van der Waals surface area contributed by atoms with Gasteiger partial charge in [-0.2, -0.15) is 5.10 Å². The molecule has 1 aromatic carbocycles. The van der Waals surface area contributed by atoms with Crippen molar-refractivity contribution in [1.82, 2.24) is 9.78 Å². The molecule has 2 aromatic rings. The minimum atomic E-state index is -1.11. The molecule has 2 rings (SSSR count). The maximum atomic E-state index is 13.0. The number of rotatable bonds is 4. The van der Waals surface area contributed by atoms with Gasteiger partial charge in [-0.25, -0.2) is 8.78 Å². The Bertz CT molecular complexity index is 650. The number of nitrogens with zero attached hydrogens (tertiary/aromatic N) is 2. The van der Waals surface area contributed by atoms with Crippen LogP contribution < -0.4 is 0 Å². The Morgan fingerprint density at radius 2 is 1.84 bits per heavy atom. The smallest absolute Gasteiger partial charge is 0.173 e. The zero-order chi connectivity index (χ0) is 14.0. The molecular weight excluding hydrogens is 254 g/mol. The van der Waals surface area contributed by atoms with Crippen LogP contribution in [0, 0.1) is 11.6 Å². The Hall–Kier alpha value is -2.37. The molecule has 0 saturated heterocycles. The Kier molecular flexibility index (Phi) is 3.50. The van der Waals surface area contributed by atoms with Gasteiger partial charge in [0, 0.05) is 18.8 Å². The molecule has 6 heteroatoms. The van der Waals surface area contributed by atoms with Crippen molar-refractivity contribution in [1.29, 1.82) is 0 Å². The number of aryl methyl sites for hydroxylation is 1. The molecule has 1 aromatic heterocycles. The number of carbonyl (C=O) groups excluding carboxylic acids is 2. The van der Waals surface area contributed by atoms with Crippen LogP contribution in [0.4, 0.5) is 8.78 Å². The number of hydrogen-bond acceptors (Lipinski definition) is 3. The molecule has 0 spiro atoms. The highest BCUT2D eigenvalue weighted by Gasteiger charge is 2.16. The van der Waals surface area contributed by atoms with Crippen LogP contribution in [0.3, 0.4) is 0 Å². The summed E-state index contributed by atoms with van der Waals surface area (Å²) in [7, 11) is 1.65. The van der Waals surface area contributed by atoms with Crippen molar-refractivity contribution >= 4 is 11.6 Å². The maximum absolute atomic E-state index is 13.0. The van der Waals surface area contributed by atoms with E-state index in [2.05, 4.69) is 5.10 Å². The molecule has 0 aliphatic rings. The van der Waals surface area contributed by atoms with Crippen molar-refractivity contribution in [3.63, 3.8) is 0 Å². The van der Waals surface area contributed by atoms with Crippen molar-refractivity contribution < 1.29 is 18.4 Å². The third-order valence-electron chi connectivity index (χ3n) is 2.59. The van der Waals surface area contributed by atoms with Crippen LogP contribution in [0.2, 0.25) is 0 Å². The van der Waals surface area contributed by atoms with E-state index in [1.165, 1.54) is 17.1 Å². The van der Waals surface area contributed by atoms with Gasteiger partial charge >= 0.3 is 0 Å². The fraction of sp³-hybridized carbons (Fsp3) is 0.154. The molecular formula is C13H10F2N2O2. The minimum Gasteiger partial charge on any atom is -0.294 e. The SMILES string of the molecule is Cn1cc(C(=O)CC(=O)c2ccc(F)c(F)c2)cn1. The second kappa shape index (κ2) is 5.09. The molecule has 4 nitrogen and oxygen atoms in total. The number of hydrogen-bond donors (Lipinski definition) is 0. The van der Waals surface area contributed by atoms with Crippen LogP contribution in [0.25, 0.3) is 0 Å². The Morgan fingerprint density at radius 1 is 1.16 bits per heavy atom. The summed E-state index contributed by atoms with van der Waals surface area (Å²) in [5.41, 5.74) is 0.273. The summed E-state index contributed by atoms with van der Waals surface area (Å²) in [6.45, 7) is 0. The summed E-state index contributed by atoms with van der Waals surface area (Å²) in [6.07, 6.45) is 2.43. The van der Waals surface area contributed by atoms with Crippen molar-refractivity contribution in [3.05, 3.63) is 53.4 Å². The van der Waals surface area contributed by atoms with E-state index in [-0.39, 0.29) is 5.56 Å². The van der Waals surface area contributed by atoms with E-state index < -0.39 is 29.6 Å². The number of carbonyl (C=O) groups is 2. The van der Waals surface area contributed by atoms with E-state index in [9.17, 15) is 18.4 Å². The molecule has 0 aliphatic heterocycles.